The van der Waals surface area contributed by atoms with Crippen molar-refractivity contribution in [3.05, 3.63) is 77.5 Å². The predicted molar refractivity (Wildman–Crippen MR) is 109 cm³/mol. The second kappa shape index (κ2) is 6.47. The van der Waals surface area contributed by atoms with E-state index in [1.165, 1.54) is 22.2 Å². The molecule has 4 aromatic rings. The number of H-pyrrole nitrogens is 1. The minimum absolute atomic E-state index is 0.291. The largest absolute Gasteiger partial charge is 0.478 e. The molecule has 0 amide bonds. The fraction of sp³-hybridized carbons (Fsp3) is 0.174. The molecule has 2 N–H and O–H groups in total. The number of aromatic nitrogens is 2. The molecule has 0 saturated heterocycles. The lowest BCUT2D eigenvalue weighted by molar-refractivity contribution is 0.0697. The molecular formula is C23H22N2O2. The first kappa shape index (κ1) is 17.2. The van der Waals surface area contributed by atoms with E-state index >= 15 is 0 Å². The smallest absolute Gasteiger partial charge is 0.335 e. The van der Waals surface area contributed by atoms with Crippen molar-refractivity contribution in [3.63, 3.8) is 0 Å². The second-order valence-corrected chi connectivity index (χ2v) is 7.15. The van der Waals surface area contributed by atoms with E-state index in [1.54, 1.807) is 12.1 Å². The molecule has 2 aromatic heterocycles. The summed E-state index contributed by atoms with van der Waals surface area (Å²) in [5.74, 6) is 0.534. The molecule has 0 aliphatic carbocycles. The number of para-hydroxylation sites is 1. The van der Waals surface area contributed by atoms with Crippen LogP contribution in [0.1, 0.15) is 41.4 Å². The predicted octanol–water partition coefficient (Wildman–Crippen LogP) is 5.76. The molecule has 0 saturated carbocycles. The van der Waals surface area contributed by atoms with Gasteiger partial charge in [-0.25, -0.2) is 4.79 Å². The third-order valence-electron chi connectivity index (χ3n) is 5.09. The molecule has 0 atom stereocenters. The summed E-state index contributed by atoms with van der Waals surface area (Å²) >= 11 is 0. The highest BCUT2D eigenvalue weighted by Gasteiger charge is 2.18. The maximum Gasteiger partial charge on any atom is 0.335 e. The van der Waals surface area contributed by atoms with Crippen LogP contribution in [0, 0.1) is 6.92 Å². The summed E-state index contributed by atoms with van der Waals surface area (Å²) in [6, 6.07) is 19.5. The van der Waals surface area contributed by atoms with E-state index < -0.39 is 5.97 Å². The van der Waals surface area contributed by atoms with Gasteiger partial charge in [0, 0.05) is 16.8 Å². The third kappa shape index (κ3) is 2.83. The van der Waals surface area contributed by atoms with Crippen molar-refractivity contribution in [1.29, 1.82) is 0 Å². The number of hydrogen-bond donors (Lipinski definition) is 2. The Morgan fingerprint density at radius 3 is 2.37 bits per heavy atom. The Balaban J connectivity index is 1.82. The number of nitrogens with one attached hydrogen (secondary N) is 1. The van der Waals surface area contributed by atoms with Crippen LogP contribution in [0.2, 0.25) is 0 Å². The van der Waals surface area contributed by atoms with Gasteiger partial charge < -0.3 is 10.1 Å². The van der Waals surface area contributed by atoms with E-state index in [-0.39, 0.29) is 0 Å². The van der Waals surface area contributed by atoms with Gasteiger partial charge in [0.15, 0.2) is 0 Å². The maximum absolute atomic E-state index is 11.0. The standard InChI is InChI=1S/C23H22N2O2/c1-14(2)22-15(3)25(20-7-5-4-6-18(20)22)21-13-12-19(24-21)16-8-10-17(11-9-16)23(26)27/h4-14,24H,1-3H3,(H,26,27). The second-order valence-electron chi connectivity index (χ2n) is 7.15. The van der Waals surface area contributed by atoms with Crippen molar-refractivity contribution in [2.24, 2.45) is 0 Å². The lowest BCUT2D eigenvalue weighted by Crippen LogP contribution is -1.99. The molecule has 4 rings (SSSR count). The Bertz CT molecular complexity index is 1130. The van der Waals surface area contributed by atoms with Gasteiger partial charge in [0.1, 0.15) is 5.82 Å². The number of benzene rings is 2. The number of rotatable bonds is 4. The van der Waals surface area contributed by atoms with Gasteiger partial charge in [-0.2, -0.15) is 0 Å². The number of fused-ring (bicyclic) bond motifs is 1. The number of carboxylic acids is 1. The van der Waals surface area contributed by atoms with Crippen LogP contribution >= 0.6 is 0 Å². The zero-order chi connectivity index (χ0) is 19.1. The Morgan fingerprint density at radius 2 is 1.70 bits per heavy atom. The molecule has 2 aromatic carbocycles. The summed E-state index contributed by atoms with van der Waals surface area (Å²) in [7, 11) is 0. The van der Waals surface area contributed by atoms with Crippen LogP contribution in [0.25, 0.3) is 28.0 Å². The SMILES string of the molecule is Cc1c(C(C)C)c2ccccc2n1-c1ccc(-c2ccc(C(=O)O)cc2)[nH]1. The number of aromatic carboxylic acids is 1. The molecule has 0 unspecified atom stereocenters. The zero-order valence-corrected chi connectivity index (χ0v) is 15.7. The Labute approximate surface area is 158 Å². The molecular weight excluding hydrogens is 336 g/mol. The number of carbonyl (C=O) groups is 1. The van der Waals surface area contributed by atoms with Gasteiger partial charge in [-0.15, -0.1) is 0 Å². The molecule has 0 aliphatic heterocycles. The van der Waals surface area contributed by atoms with E-state index in [0.717, 1.165) is 17.1 Å². The van der Waals surface area contributed by atoms with Gasteiger partial charge in [0.25, 0.3) is 0 Å². The molecule has 0 radical (unpaired) electrons. The maximum atomic E-state index is 11.0. The van der Waals surface area contributed by atoms with E-state index in [0.29, 0.717) is 11.5 Å². The third-order valence-corrected chi connectivity index (χ3v) is 5.09. The minimum atomic E-state index is -0.913. The van der Waals surface area contributed by atoms with Crippen LogP contribution in [0.4, 0.5) is 0 Å². The molecule has 0 bridgehead atoms. The van der Waals surface area contributed by atoms with Gasteiger partial charge in [-0.05, 0) is 54.3 Å². The quantitative estimate of drug-likeness (QED) is 0.487. The van der Waals surface area contributed by atoms with Gasteiger partial charge in [-0.1, -0.05) is 44.2 Å². The number of nitrogens with zero attached hydrogens (tertiary/aromatic N) is 1. The first-order valence-corrected chi connectivity index (χ1v) is 9.10. The zero-order valence-electron chi connectivity index (χ0n) is 15.7. The Hall–Kier alpha value is -3.27. The highest BCUT2D eigenvalue weighted by atomic mass is 16.4. The summed E-state index contributed by atoms with van der Waals surface area (Å²) < 4.78 is 2.26. The van der Waals surface area contributed by atoms with Gasteiger partial charge in [0.05, 0.1) is 11.1 Å². The normalized spacial score (nSPS) is 11.4. The fourth-order valence-corrected chi connectivity index (χ4v) is 3.91. The van der Waals surface area contributed by atoms with Crippen molar-refractivity contribution in [3.8, 4) is 17.1 Å². The van der Waals surface area contributed by atoms with Crippen molar-refractivity contribution in [2.75, 3.05) is 0 Å². The van der Waals surface area contributed by atoms with Crippen LogP contribution < -0.4 is 0 Å². The number of aromatic amines is 1. The summed E-state index contributed by atoms with van der Waals surface area (Å²) in [6.07, 6.45) is 0. The van der Waals surface area contributed by atoms with Gasteiger partial charge in [-0.3, -0.25) is 4.57 Å². The van der Waals surface area contributed by atoms with Crippen molar-refractivity contribution in [1.82, 2.24) is 9.55 Å². The monoisotopic (exact) mass is 358 g/mol. The average Bonchev–Trinajstić information content (AvgIpc) is 3.23. The van der Waals surface area contributed by atoms with Crippen LogP contribution in [-0.2, 0) is 0 Å². The number of hydrogen-bond acceptors (Lipinski definition) is 1. The van der Waals surface area contributed by atoms with Crippen LogP contribution in [0.5, 0.6) is 0 Å². The number of carboxylic acid groups (broad SMARTS) is 1. The van der Waals surface area contributed by atoms with E-state index in [4.69, 9.17) is 5.11 Å². The van der Waals surface area contributed by atoms with Crippen molar-refractivity contribution in [2.45, 2.75) is 26.7 Å². The van der Waals surface area contributed by atoms with Gasteiger partial charge in [0.2, 0.25) is 0 Å². The summed E-state index contributed by atoms with van der Waals surface area (Å²) in [6.45, 7) is 6.62. The molecule has 136 valence electrons. The van der Waals surface area contributed by atoms with E-state index in [1.807, 2.05) is 18.2 Å². The Kier molecular flexibility index (Phi) is 4.11. The van der Waals surface area contributed by atoms with Crippen LogP contribution in [-0.4, -0.2) is 20.6 Å². The average molecular weight is 358 g/mol. The van der Waals surface area contributed by atoms with Crippen LogP contribution in [0.3, 0.4) is 0 Å². The van der Waals surface area contributed by atoms with E-state index in [9.17, 15) is 4.79 Å². The first-order chi connectivity index (χ1) is 13.0. The molecule has 27 heavy (non-hydrogen) atoms. The van der Waals surface area contributed by atoms with E-state index in [2.05, 4.69) is 60.7 Å². The molecule has 0 aliphatic rings. The van der Waals surface area contributed by atoms with Crippen LogP contribution in [0.15, 0.2) is 60.7 Å². The molecule has 4 heteroatoms. The Morgan fingerprint density at radius 1 is 1.00 bits per heavy atom. The summed E-state index contributed by atoms with van der Waals surface area (Å²) in [5, 5.41) is 10.4. The molecule has 0 spiro atoms. The summed E-state index contributed by atoms with van der Waals surface area (Å²) in [5.41, 5.74) is 6.01. The van der Waals surface area contributed by atoms with Crippen molar-refractivity contribution < 1.29 is 9.90 Å². The summed E-state index contributed by atoms with van der Waals surface area (Å²) in [4.78, 5) is 14.5. The highest BCUT2D eigenvalue weighted by molar-refractivity contribution is 5.89. The molecule has 4 nitrogen and oxygen atoms in total. The fourth-order valence-electron chi connectivity index (χ4n) is 3.91. The highest BCUT2D eigenvalue weighted by Crippen LogP contribution is 2.34. The van der Waals surface area contributed by atoms with Crippen molar-refractivity contribution >= 4 is 16.9 Å². The molecule has 0 fully saturated rings. The topological polar surface area (TPSA) is 58.0 Å². The minimum Gasteiger partial charge on any atom is -0.478 e. The van der Waals surface area contributed by atoms with Gasteiger partial charge >= 0.3 is 5.97 Å². The molecule has 2 heterocycles. The lowest BCUT2D eigenvalue weighted by atomic mass is 10.00. The first-order valence-electron chi connectivity index (χ1n) is 9.10. The lowest BCUT2D eigenvalue weighted by Gasteiger charge is -2.08.